The van der Waals surface area contributed by atoms with Gasteiger partial charge in [0.1, 0.15) is 5.69 Å². The Morgan fingerprint density at radius 2 is 2.50 bits per heavy atom. The molecule has 0 aromatic carbocycles. The highest BCUT2D eigenvalue weighted by Gasteiger charge is 2.20. The molecule has 5 nitrogen and oxygen atoms in total. The number of carbonyl (C=O) groups excluding carboxylic acids is 1. The zero-order valence-corrected chi connectivity index (χ0v) is 9.19. The van der Waals surface area contributed by atoms with Crippen LogP contribution in [0.5, 0.6) is 0 Å². The van der Waals surface area contributed by atoms with Crippen molar-refractivity contribution in [1.29, 1.82) is 0 Å². The van der Waals surface area contributed by atoms with Gasteiger partial charge >= 0.3 is 5.97 Å². The molecule has 5 heteroatoms. The number of nitrogens with one attached hydrogen (secondary N) is 1. The van der Waals surface area contributed by atoms with Gasteiger partial charge in [0.05, 0.1) is 19.0 Å². The molecule has 0 bridgehead atoms. The molecule has 0 saturated carbocycles. The van der Waals surface area contributed by atoms with Crippen LogP contribution in [0.4, 0.5) is 5.69 Å². The molecule has 0 amide bonds. The van der Waals surface area contributed by atoms with Gasteiger partial charge < -0.3 is 15.8 Å². The van der Waals surface area contributed by atoms with Crippen molar-refractivity contribution in [2.75, 3.05) is 19.4 Å². The van der Waals surface area contributed by atoms with E-state index in [1.165, 1.54) is 13.3 Å². The fourth-order valence-corrected chi connectivity index (χ4v) is 1.95. The summed E-state index contributed by atoms with van der Waals surface area (Å²) in [5, 5.41) is 3.34. The van der Waals surface area contributed by atoms with Crippen LogP contribution in [-0.2, 0) is 4.74 Å². The van der Waals surface area contributed by atoms with Crippen molar-refractivity contribution >= 4 is 11.7 Å². The average Bonchev–Trinajstić information content (AvgIpc) is 2.82. The number of carbonyl (C=O) groups is 1. The fraction of sp³-hybridized carbons (Fsp3) is 0.455. The third kappa shape index (κ3) is 1.99. The van der Waals surface area contributed by atoms with Crippen molar-refractivity contribution in [3.05, 3.63) is 23.5 Å². The van der Waals surface area contributed by atoms with Crippen LogP contribution >= 0.6 is 0 Å². The van der Waals surface area contributed by atoms with Gasteiger partial charge in [-0.3, -0.25) is 0 Å². The van der Waals surface area contributed by atoms with Crippen LogP contribution in [0.1, 0.15) is 34.9 Å². The first-order valence-corrected chi connectivity index (χ1v) is 5.29. The first-order chi connectivity index (χ1) is 7.72. The fourth-order valence-electron chi connectivity index (χ4n) is 1.95. The second-order valence-corrected chi connectivity index (χ2v) is 3.84. The van der Waals surface area contributed by atoms with Crippen LogP contribution in [0.2, 0.25) is 0 Å². The number of pyridine rings is 1. The molecule has 0 spiro atoms. The molecule has 3 N–H and O–H groups in total. The number of nitrogens with two attached hydrogens (primary N) is 1. The Hall–Kier alpha value is -1.62. The van der Waals surface area contributed by atoms with Crippen molar-refractivity contribution in [2.24, 2.45) is 0 Å². The Morgan fingerprint density at radius 1 is 1.69 bits per heavy atom. The summed E-state index contributed by atoms with van der Waals surface area (Å²) in [5.74, 6) is -0.431. The molecule has 2 heterocycles. The number of rotatable bonds is 2. The molecule has 0 radical (unpaired) electrons. The van der Waals surface area contributed by atoms with Crippen molar-refractivity contribution in [2.45, 2.75) is 18.9 Å². The number of hydrogen-bond acceptors (Lipinski definition) is 5. The number of hydrogen-bond donors (Lipinski definition) is 2. The van der Waals surface area contributed by atoms with Crippen molar-refractivity contribution < 1.29 is 9.53 Å². The molecule has 86 valence electrons. The molecule has 16 heavy (non-hydrogen) atoms. The molecule has 1 atom stereocenters. The second-order valence-electron chi connectivity index (χ2n) is 3.84. The van der Waals surface area contributed by atoms with Crippen LogP contribution in [0.3, 0.4) is 0 Å². The lowest BCUT2D eigenvalue weighted by atomic mass is 10.0. The van der Waals surface area contributed by atoms with E-state index in [2.05, 4.69) is 15.0 Å². The number of ether oxygens (including phenoxy) is 1. The molecule has 1 aliphatic rings. The van der Waals surface area contributed by atoms with Gasteiger partial charge in [-0.1, -0.05) is 0 Å². The van der Waals surface area contributed by atoms with Crippen molar-refractivity contribution in [3.8, 4) is 0 Å². The van der Waals surface area contributed by atoms with E-state index < -0.39 is 5.97 Å². The van der Waals surface area contributed by atoms with Crippen LogP contribution in [0.15, 0.2) is 12.3 Å². The van der Waals surface area contributed by atoms with Gasteiger partial charge in [-0.25, -0.2) is 9.78 Å². The van der Waals surface area contributed by atoms with E-state index in [-0.39, 0.29) is 6.04 Å². The SMILES string of the molecule is COC(=O)c1cc(C2CCCN2)c(N)cn1. The van der Waals surface area contributed by atoms with Gasteiger partial charge in [-0.15, -0.1) is 0 Å². The van der Waals surface area contributed by atoms with E-state index in [0.717, 1.165) is 24.9 Å². The van der Waals surface area contributed by atoms with E-state index in [1.807, 2.05) is 0 Å². The van der Waals surface area contributed by atoms with Crippen LogP contribution < -0.4 is 11.1 Å². The first-order valence-electron chi connectivity index (χ1n) is 5.29. The van der Waals surface area contributed by atoms with Gasteiger partial charge in [0.2, 0.25) is 0 Å². The smallest absolute Gasteiger partial charge is 0.356 e. The van der Waals surface area contributed by atoms with Gasteiger partial charge in [0.15, 0.2) is 0 Å². The molecule has 0 aliphatic carbocycles. The summed E-state index contributed by atoms with van der Waals surface area (Å²) in [5.41, 5.74) is 7.72. The minimum Gasteiger partial charge on any atom is -0.464 e. The van der Waals surface area contributed by atoms with Gasteiger partial charge in [0, 0.05) is 6.04 Å². The number of anilines is 1. The minimum atomic E-state index is -0.431. The lowest BCUT2D eigenvalue weighted by Crippen LogP contribution is -2.16. The summed E-state index contributed by atoms with van der Waals surface area (Å²) < 4.78 is 4.63. The summed E-state index contributed by atoms with van der Waals surface area (Å²) >= 11 is 0. The molecule has 1 aromatic heterocycles. The maximum Gasteiger partial charge on any atom is 0.356 e. The number of esters is 1. The van der Waals surface area contributed by atoms with Crippen LogP contribution in [0, 0.1) is 0 Å². The lowest BCUT2D eigenvalue weighted by Gasteiger charge is -2.13. The zero-order valence-electron chi connectivity index (χ0n) is 9.19. The highest BCUT2D eigenvalue weighted by molar-refractivity contribution is 5.87. The number of aromatic nitrogens is 1. The van der Waals surface area contributed by atoms with Crippen LogP contribution in [-0.4, -0.2) is 24.6 Å². The Balaban J connectivity index is 2.32. The zero-order chi connectivity index (χ0) is 11.5. The Bertz CT molecular complexity index is 400. The van der Waals surface area contributed by atoms with E-state index >= 15 is 0 Å². The van der Waals surface area contributed by atoms with Gasteiger partial charge in [-0.05, 0) is 31.0 Å². The quantitative estimate of drug-likeness (QED) is 0.725. The third-order valence-corrected chi connectivity index (χ3v) is 2.80. The van der Waals surface area contributed by atoms with E-state index in [9.17, 15) is 4.79 Å². The van der Waals surface area contributed by atoms with Crippen LogP contribution in [0.25, 0.3) is 0 Å². The predicted molar refractivity (Wildman–Crippen MR) is 60.0 cm³/mol. The third-order valence-electron chi connectivity index (χ3n) is 2.80. The molecule has 1 fully saturated rings. The summed E-state index contributed by atoms with van der Waals surface area (Å²) in [6.07, 6.45) is 3.68. The highest BCUT2D eigenvalue weighted by atomic mass is 16.5. The molecule has 1 saturated heterocycles. The lowest BCUT2D eigenvalue weighted by molar-refractivity contribution is 0.0594. The summed E-state index contributed by atoms with van der Waals surface area (Å²) in [6.45, 7) is 0.986. The molecule has 2 rings (SSSR count). The minimum absolute atomic E-state index is 0.228. The highest BCUT2D eigenvalue weighted by Crippen LogP contribution is 2.27. The standard InChI is InChI=1S/C11H15N3O2/c1-16-11(15)10-5-7(8(12)6-14-10)9-3-2-4-13-9/h5-6,9,13H,2-4,12H2,1H3. The molecule has 1 aliphatic heterocycles. The van der Waals surface area contributed by atoms with Crippen molar-refractivity contribution in [3.63, 3.8) is 0 Å². The molecular weight excluding hydrogens is 206 g/mol. The topological polar surface area (TPSA) is 77.2 Å². The van der Waals surface area contributed by atoms with E-state index in [1.54, 1.807) is 6.07 Å². The van der Waals surface area contributed by atoms with Crippen molar-refractivity contribution in [1.82, 2.24) is 10.3 Å². The monoisotopic (exact) mass is 221 g/mol. The summed E-state index contributed by atoms with van der Waals surface area (Å²) in [7, 11) is 1.34. The Kier molecular flexibility index (Phi) is 3.05. The largest absolute Gasteiger partial charge is 0.464 e. The maximum atomic E-state index is 11.3. The average molecular weight is 221 g/mol. The van der Waals surface area contributed by atoms with E-state index in [4.69, 9.17) is 5.73 Å². The molecule has 1 aromatic rings. The number of nitrogen functional groups attached to an aromatic ring is 1. The molecular formula is C11H15N3O2. The van der Waals surface area contributed by atoms with Gasteiger partial charge in [0.25, 0.3) is 0 Å². The summed E-state index contributed by atoms with van der Waals surface area (Å²) in [6, 6.07) is 1.94. The van der Waals surface area contributed by atoms with Gasteiger partial charge in [-0.2, -0.15) is 0 Å². The normalized spacial score (nSPS) is 19.7. The Labute approximate surface area is 94.0 Å². The Morgan fingerprint density at radius 3 is 3.12 bits per heavy atom. The summed E-state index contributed by atoms with van der Waals surface area (Å²) in [4.78, 5) is 15.3. The first kappa shape index (κ1) is 10.9. The molecule has 1 unspecified atom stereocenters. The number of methoxy groups -OCH3 is 1. The van der Waals surface area contributed by atoms with E-state index in [0.29, 0.717) is 11.4 Å². The second kappa shape index (κ2) is 4.49. The maximum absolute atomic E-state index is 11.3. The number of nitrogens with zero attached hydrogens (tertiary/aromatic N) is 1. The predicted octanol–water partition coefficient (Wildman–Crippen LogP) is 0.875.